The second-order valence-corrected chi connectivity index (χ2v) is 6.07. The van der Waals surface area contributed by atoms with Crippen LogP contribution in [0.2, 0.25) is 0 Å². The molecular formula is C18H21N3O3. The molecule has 24 heavy (non-hydrogen) atoms. The summed E-state index contributed by atoms with van der Waals surface area (Å²) in [6.45, 7) is 1.84. The van der Waals surface area contributed by atoms with Crippen molar-refractivity contribution in [2.75, 3.05) is 25.1 Å². The largest absolute Gasteiger partial charge is 0.497 e. The normalized spacial score (nSPS) is 17.5. The van der Waals surface area contributed by atoms with Crippen LogP contribution in [0.5, 0.6) is 5.75 Å². The molecule has 3 rings (SSSR count). The lowest BCUT2D eigenvalue weighted by atomic mass is 9.91. The number of ether oxygens (including phenoxy) is 1. The Morgan fingerprint density at radius 1 is 1.29 bits per heavy atom. The highest BCUT2D eigenvalue weighted by Crippen LogP contribution is 2.24. The van der Waals surface area contributed by atoms with Crippen LogP contribution in [-0.2, 0) is 6.42 Å². The number of piperidine rings is 1. The van der Waals surface area contributed by atoms with Crippen molar-refractivity contribution < 1.29 is 14.6 Å². The van der Waals surface area contributed by atoms with Gasteiger partial charge in [-0.25, -0.2) is 14.8 Å². The number of rotatable bonds is 5. The van der Waals surface area contributed by atoms with Gasteiger partial charge in [0.1, 0.15) is 11.6 Å². The first-order valence-corrected chi connectivity index (χ1v) is 8.09. The smallest absolute Gasteiger partial charge is 0.356 e. The predicted molar refractivity (Wildman–Crippen MR) is 90.6 cm³/mol. The van der Waals surface area contributed by atoms with E-state index in [4.69, 9.17) is 9.84 Å². The number of carbonyl (C=O) groups is 1. The summed E-state index contributed by atoms with van der Waals surface area (Å²) in [5.41, 5.74) is 1.28. The van der Waals surface area contributed by atoms with Crippen molar-refractivity contribution in [2.24, 2.45) is 5.92 Å². The van der Waals surface area contributed by atoms with Gasteiger partial charge in [0, 0.05) is 13.1 Å². The quantitative estimate of drug-likeness (QED) is 0.910. The summed E-state index contributed by atoms with van der Waals surface area (Å²) < 4.78 is 5.20. The standard InChI is InChI=1S/C18H21N3O3/c1-24-15-6-4-13(5-7-15)9-14-3-2-8-21(12-14)17-11-19-16(10-20-17)18(22)23/h4-7,10-11,14H,2-3,8-9,12H2,1H3,(H,22,23). The van der Waals surface area contributed by atoms with E-state index in [1.54, 1.807) is 13.3 Å². The Hall–Kier alpha value is -2.63. The first kappa shape index (κ1) is 16.2. The van der Waals surface area contributed by atoms with Gasteiger partial charge in [0.2, 0.25) is 0 Å². The SMILES string of the molecule is COc1ccc(CC2CCCN(c3cnc(C(=O)O)cn3)C2)cc1. The Bertz CT molecular complexity index is 686. The maximum absolute atomic E-state index is 10.9. The number of methoxy groups -OCH3 is 1. The van der Waals surface area contributed by atoms with Gasteiger partial charge in [0.15, 0.2) is 5.69 Å². The van der Waals surface area contributed by atoms with Gasteiger partial charge in [-0.3, -0.25) is 0 Å². The number of aromatic carboxylic acids is 1. The van der Waals surface area contributed by atoms with E-state index < -0.39 is 5.97 Å². The minimum Gasteiger partial charge on any atom is -0.497 e. The summed E-state index contributed by atoms with van der Waals surface area (Å²) in [5, 5.41) is 8.90. The average molecular weight is 327 g/mol. The molecular weight excluding hydrogens is 306 g/mol. The van der Waals surface area contributed by atoms with Crippen LogP contribution >= 0.6 is 0 Å². The Balaban J connectivity index is 1.64. The Labute approximate surface area is 141 Å². The summed E-state index contributed by atoms with van der Waals surface area (Å²) >= 11 is 0. The lowest BCUT2D eigenvalue weighted by Crippen LogP contribution is -2.36. The zero-order chi connectivity index (χ0) is 16.9. The van der Waals surface area contributed by atoms with Gasteiger partial charge in [-0.2, -0.15) is 0 Å². The molecule has 1 N–H and O–H groups in total. The number of hydrogen-bond acceptors (Lipinski definition) is 5. The fraction of sp³-hybridized carbons (Fsp3) is 0.389. The highest BCUT2D eigenvalue weighted by molar-refractivity contribution is 5.84. The van der Waals surface area contributed by atoms with E-state index in [0.29, 0.717) is 5.92 Å². The summed E-state index contributed by atoms with van der Waals surface area (Å²) in [6.07, 6.45) is 6.18. The molecule has 2 heterocycles. The molecule has 0 amide bonds. The van der Waals surface area contributed by atoms with Gasteiger partial charge in [-0.05, 0) is 42.9 Å². The number of nitrogens with zero attached hydrogens (tertiary/aromatic N) is 3. The molecule has 1 unspecified atom stereocenters. The molecule has 6 nitrogen and oxygen atoms in total. The summed E-state index contributed by atoms with van der Waals surface area (Å²) in [4.78, 5) is 21.3. The zero-order valence-electron chi connectivity index (χ0n) is 13.7. The molecule has 0 aliphatic carbocycles. The minimum absolute atomic E-state index is 0.0226. The van der Waals surface area contributed by atoms with Crippen molar-refractivity contribution in [2.45, 2.75) is 19.3 Å². The molecule has 1 saturated heterocycles. The third-order valence-electron chi connectivity index (χ3n) is 4.38. The number of carboxylic acids is 1. The highest BCUT2D eigenvalue weighted by atomic mass is 16.5. The van der Waals surface area contributed by atoms with Gasteiger partial charge in [0.25, 0.3) is 0 Å². The lowest BCUT2D eigenvalue weighted by molar-refractivity contribution is 0.0690. The van der Waals surface area contributed by atoms with Gasteiger partial charge in [0.05, 0.1) is 19.5 Å². The summed E-state index contributed by atoms with van der Waals surface area (Å²) in [6, 6.07) is 8.20. The molecule has 126 valence electrons. The van der Waals surface area contributed by atoms with Crippen LogP contribution < -0.4 is 9.64 Å². The molecule has 1 aliphatic heterocycles. The lowest BCUT2D eigenvalue weighted by Gasteiger charge is -2.33. The second-order valence-electron chi connectivity index (χ2n) is 6.07. The Morgan fingerprint density at radius 2 is 2.08 bits per heavy atom. The van der Waals surface area contributed by atoms with E-state index in [9.17, 15) is 4.79 Å². The van der Waals surface area contributed by atoms with Gasteiger partial charge in [-0.15, -0.1) is 0 Å². The third kappa shape index (κ3) is 3.82. The van der Waals surface area contributed by atoms with Crippen LogP contribution in [0.1, 0.15) is 28.9 Å². The number of aromatic nitrogens is 2. The molecule has 1 aromatic carbocycles. The average Bonchev–Trinajstić information content (AvgIpc) is 2.63. The minimum atomic E-state index is -1.05. The fourth-order valence-corrected chi connectivity index (χ4v) is 3.13. The highest BCUT2D eigenvalue weighted by Gasteiger charge is 2.21. The summed E-state index contributed by atoms with van der Waals surface area (Å²) in [5.74, 6) is 1.12. The molecule has 1 atom stereocenters. The van der Waals surface area contributed by atoms with E-state index in [1.807, 2.05) is 12.1 Å². The summed E-state index contributed by atoms with van der Waals surface area (Å²) in [7, 11) is 1.67. The van der Waals surface area contributed by atoms with E-state index in [1.165, 1.54) is 18.2 Å². The van der Waals surface area contributed by atoms with Crippen molar-refractivity contribution in [1.82, 2.24) is 9.97 Å². The first-order valence-electron chi connectivity index (χ1n) is 8.09. The molecule has 0 spiro atoms. The van der Waals surface area contributed by atoms with Crippen LogP contribution in [0.15, 0.2) is 36.7 Å². The molecule has 1 aliphatic rings. The second kappa shape index (κ2) is 7.29. The van der Waals surface area contributed by atoms with Gasteiger partial charge >= 0.3 is 5.97 Å². The Morgan fingerprint density at radius 3 is 2.71 bits per heavy atom. The number of benzene rings is 1. The number of hydrogen-bond donors (Lipinski definition) is 1. The molecule has 1 fully saturated rings. The molecule has 0 radical (unpaired) electrons. The van der Waals surface area contributed by atoms with E-state index in [2.05, 4.69) is 27.0 Å². The molecule has 2 aromatic rings. The van der Waals surface area contributed by atoms with E-state index >= 15 is 0 Å². The van der Waals surface area contributed by atoms with Crippen LogP contribution in [-0.4, -0.2) is 41.2 Å². The van der Waals surface area contributed by atoms with Crippen molar-refractivity contribution >= 4 is 11.8 Å². The fourth-order valence-electron chi connectivity index (χ4n) is 3.13. The first-order chi connectivity index (χ1) is 11.7. The predicted octanol–water partition coefficient (Wildman–Crippen LogP) is 2.64. The van der Waals surface area contributed by atoms with Crippen molar-refractivity contribution in [1.29, 1.82) is 0 Å². The van der Waals surface area contributed by atoms with Crippen molar-refractivity contribution in [3.05, 3.63) is 47.9 Å². The number of anilines is 1. The Kier molecular flexibility index (Phi) is 4.93. The van der Waals surface area contributed by atoms with Gasteiger partial charge < -0.3 is 14.7 Å². The topological polar surface area (TPSA) is 75.5 Å². The molecule has 0 saturated carbocycles. The van der Waals surface area contributed by atoms with E-state index in [-0.39, 0.29) is 5.69 Å². The van der Waals surface area contributed by atoms with Crippen LogP contribution in [0.3, 0.4) is 0 Å². The van der Waals surface area contributed by atoms with E-state index in [0.717, 1.165) is 37.5 Å². The molecule has 0 bridgehead atoms. The maximum Gasteiger partial charge on any atom is 0.356 e. The third-order valence-corrected chi connectivity index (χ3v) is 4.38. The maximum atomic E-state index is 10.9. The van der Waals surface area contributed by atoms with Crippen molar-refractivity contribution in [3.8, 4) is 5.75 Å². The molecule has 6 heteroatoms. The molecule has 1 aromatic heterocycles. The van der Waals surface area contributed by atoms with Gasteiger partial charge in [-0.1, -0.05) is 12.1 Å². The van der Waals surface area contributed by atoms with Crippen LogP contribution in [0.4, 0.5) is 5.82 Å². The zero-order valence-corrected chi connectivity index (χ0v) is 13.7. The van der Waals surface area contributed by atoms with Crippen LogP contribution in [0, 0.1) is 5.92 Å². The van der Waals surface area contributed by atoms with Crippen LogP contribution in [0.25, 0.3) is 0 Å². The number of carboxylic acid groups (broad SMARTS) is 1. The monoisotopic (exact) mass is 327 g/mol. The van der Waals surface area contributed by atoms with Crippen molar-refractivity contribution in [3.63, 3.8) is 0 Å².